The van der Waals surface area contributed by atoms with E-state index in [4.69, 9.17) is 14.5 Å². The van der Waals surface area contributed by atoms with Gasteiger partial charge in [0.15, 0.2) is 10.9 Å². The van der Waals surface area contributed by atoms with Crippen LogP contribution in [0.1, 0.15) is 49.9 Å². The largest absolute Gasteiger partial charge is 0.496 e. The van der Waals surface area contributed by atoms with Crippen molar-refractivity contribution in [3.8, 4) is 5.75 Å². The molecule has 4 rings (SSSR count). The lowest BCUT2D eigenvalue weighted by Crippen LogP contribution is -2.23. The summed E-state index contributed by atoms with van der Waals surface area (Å²) in [5.74, 6) is 0.625. The lowest BCUT2D eigenvalue weighted by Gasteiger charge is -2.13. The highest BCUT2D eigenvalue weighted by molar-refractivity contribution is 7.98. The highest BCUT2D eigenvalue weighted by Gasteiger charge is 2.23. The Morgan fingerprint density at radius 1 is 1.23 bits per heavy atom. The van der Waals surface area contributed by atoms with E-state index in [1.165, 1.54) is 30.0 Å². The standard InChI is InChI=1S/C25H24N2O5S3/c1-5-32-24(30)21-14(2)20-22(35-21)26-25(27(23(20)29)12-18-7-6-10-33-18)34-13-17-11-16(15(3)28)8-9-19(17)31-4/h6-11H,5,12-13H2,1-4H3. The summed E-state index contributed by atoms with van der Waals surface area (Å²) in [6, 6.07) is 9.23. The Morgan fingerprint density at radius 3 is 2.69 bits per heavy atom. The second-order valence-electron chi connectivity index (χ2n) is 7.69. The molecule has 0 aliphatic rings. The number of thiophene rings is 2. The van der Waals surface area contributed by atoms with Crippen LogP contribution < -0.4 is 10.3 Å². The molecule has 0 atom stereocenters. The molecule has 0 spiro atoms. The van der Waals surface area contributed by atoms with E-state index in [2.05, 4.69) is 0 Å². The summed E-state index contributed by atoms with van der Waals surface area (Å²) in [5, 5.41) is 2.93. The van der Waals surface area contributed by atoms with Crippen molar-refractivity contribution in [2.45, 2.75) is 38.2 Å². The average molecular weight is 529 g/mol. The highest BCUT2D eigenvalue weighted by atomic mass is 32.2. The molecule has 7 nitrogen and oxygen atoms in total. The van der Waals surface area contributed by atoms with Crippen LogP contribution in [0.4, 0.5) is 0 Å². The quantitative estimate of drug-likeness (QED) is 0.122. The van der Waals surface area contributed by atoms with Gasteiger partial charge in [-0.3, -0.25) is 14.2 Å². The van der Waals surface area contributed by atoms with Crippen molar-refractivity contribution in [2.75, 3.05) is 13.7 Å². The van der Waals surface area contributed by atoms with Gasteiger partial charge in [0, 0.05) is 21.8 Å². The fourth-order valence-electron chi connectivity index (χ4n) is 3.65. The molecule has 0 aliphatic carbocycles. The third-order valence-electron chi connectivity index (χ3n) is 5.41. The lowest BCUT2D eigenvalue weighted by atomic mass is 10.1. The van der Waals surface area contributed by atoms with Gasteiger partial charge in [-0.1, -0.05) is 17.8 Å². The minimum atomic E-state index is -0.447. The van der Waals surface area contributed by atoms with Gasteiger partial charge in [-0.05, 0) is 56.0 Å². The predicted octanol–water partition coefficient (Wildman–Crippen LogP) is 5.56. The fourth-order valence-corrected chi connectivity index (χ4v) is 6.44. The van der Waals surface area contributed by atoms with Gasteiger partial charge in [-0.2, -0.15) is 0 Å². The first-order valence-electron chi connectivity index (χ1n) is 10.9. The molecule has 35 heavy (non-hydrogen) atoms. The molecule has 1 aromatic carbocycles. The molecule has 0 saturated carbocycles. The van der Waals surface area contributed by atoms with Gasteiger partial charge in [-0.15, -0.1) is 22.7 Å². The molecule has 0 aliphatic heterocycles. The Bertz CT molecular complexity index is 1450. The van der Waals surface area contributed by atoms with Crippen LogP contribution >= 0.6 is 34.4 Å². The van der Waals surface area contributed by atoms with Crippen molar-refractivity contribution in [3.63, 3.8) is 0 Å². The first-order chi connectivity index (χ1) is 16.8. The maximum Gasteiger partial charge on any atom is 0.348 e. The minimum absolute atomic E-state index is 0.0337. The second kappa shape index (κ2) is 10.8. The van der Waals surface area contributed by atoms with Crippen molar-refractivity contribution in [1.82, 2.24) is 9.55 Å². The van der Waals surface area contributed by atoms with Crippen LogP contribution in [0.2, 0.25) is 0 Å². The number of hydrogen-bond donors (Lipinski definition) is 0. The number of benzene rings is 1. The number of fused-ring (bicyclic) bond motifs is 1. The zero-order chi connectivity index (χ0) is 25.1. The van der Waals surface area contributed by atoms with E-state index >= 15 is 0 Å². The van der Waals surface area contributed by atoms with Crippen LogP contribution in [-0.4, -0.2) is 35.0 Å². The van der Waals surface area contributed by atoms with Gasteiger partial charge in [0.05, 0.1) is 25.6 Å². The van der Waals surface area contributed by atoms with Crippen molar-refractivity contribution in [2.24, 2.45) is 0 Å². The van der Waals surface area contributed by atoms with Crippen molar-refractivity contribution < 1.29 is 19.1 Å². The molecule has 182 valence electrons. The summed E-state index contributed by atoms with van der Waals surface area (Å²) in [6.07, 6.45) is 0. The zero-order valence-electron chi connectivity index (χ0n) is 19.7. The van der Waals surface area contributed by atoms with Crippen LogP contribution in [-0.2, 0) is 17.0 Å². The fraction of sp³-hybridized carbons (Fsp3) is 0.280. The molecular formula is C25H24N2O5S3. The van der Waals surface area contributed by atoms with Gasteiger partial charge in [0.2, 0.25) is 0 Å². The number of ether oxygens (including phenoxy) is 2. The van der Waals surface area contributed by atoms with E-state index in [1.54, 1.807) is 49.0 Å². The first-order valence-corrected chi connectivity index (χ1v) is 13.6. The summed E-state index contributed by atoms with van der Waals surface area (Å²) in [5.41, 5.74) is 1.82. The molecule has 3 heterocycles. The number of aryl methyl sites for hydroxylation is 1. The topological polar surface area (TPSA) is 87.5 Å². The van der Waals surface area contributed by atoms with Crippen LogP contribution in [0.25, 0.3) is 10.2 Å². The molecule has 0 saturated heterocycles. The van der Waals surface area contributed by atoms with Crippen LogP contribution in [0, 0.1) is 6.92 Å². The Labute approximate surface area is 214 Å². The number of nitrogens with zero attached hydrogens (tertiary/aromatic N) is 2. The van der Waals surface area contributed by atoms with Crippen molar-refractivity contribution in [3.05, 3.63) is 72.5 Å². The molecule has 0 unspecified atom stereocenters. The molecule has 0 bridgehead atoms. The zero-order valence-corrected chi connectivity index (χ0v) is 22.2. The number of thioether (sulfide) groups is 1. The van der Waals surface area contributed by atoms with E-state index in [0.717, 1.165) is 10.4 Å². The Balaban J connectivity index is 1.80. The van der Waals surface area contributed by atoms with Crippen LogP contribution in [0.3, 0.4) is 0 Å². The maximum absolute atomic E-state index is 13.7. The summed E-state index contributed by atoms with van der Waals surface area (Å²) >= 11 is 4.13. The van der Waals surface area contributed by atoms with Gasteiger partial charge < -0.3 is 9.47 Å². The Kier molecular flexibility index (Phi) is 7.73. The monoisotopic (exact) mass is 528 g/mol. The lowest BCUT2D eigenvalue weighted by molar-refractivity contribution is 0.0531. The highest BCUT2D eigenvalue weighted by Crippen LogP contribution is 2.33. The number of rotatable bonds is 9. The summed E-state index contributed by atoms with van der Waals surface area (Å²) in [4.78, 5) is 44.7. The molecule has 0 fully saturated rings. The average Bonchev–Trinajstić information content (AvgIpc) is 3.47. The van der Waals surface area contributed by atoms with Gasteiger partial charge in [0.1, 0.15) is 15.5 Å². The molecule has 0 radical (unpaired) electrons. The number of aromatic nitrogens is 2. The minimum Gasteiger partial charge on any atom is -0.496 e. The number of carbonyl (C=O) groups excluding carboxylic acids is 2. The Morgan fingerprint density at radius 2 is 2.03 bits per heavy atom. The molecule has 4 aromatic rings. The third kappa shape index (κ3) is 5.19. The SMILES string of the molecule is CCOC(=O)c1sc2nc(SCc3cc(C(C)=O)ccc3OC)n(Cc3cccs3)c(=O)c2c1C. The molecule has 10 heteroatoms. The molecule has 3 aromatic heterocycles. The first kappa shape index (κ1) is 25.2. The smallest absolute Gasteiger partial charge is 0.348 e. The number of Topliss-reactive ketones (excluding diaryl/α,β-unsaturated/α-hetero) is 1. The van der Waals surface area contributed by atoms with E-state index in [1.807, 2.05) is 23.6 Å². The summed E-state index contributed by atoms with van der Waals surface area (Å²) < 4.78 is 12.3. The van der Waals surface area contributed by atoms with E-state index in [-0.39, 0.29) is 17.9 Å². The summed E-state index contributed by atoms with van der Waals surface area (Å²) in [6.45, 7) is 5.65. The predicted molar refractivity (Wildman–Crippen MR) is 141 cm³/mol. The summed E-state index contributed by atoms with van der Waals surface area (Å²) in [7, 11) is 1.58. The maximum atomic E-state index is 13.7. The number of carbonyl (C=O) groups is 2. The van der Waals surface area contributed by atoms with E-state index in [0.29, 0.717) is 49.4 Å². The van der Waals surface area contributed by atoms with E-state index < -0.39 is 5.97 Å². The molecular weight excluding hydrogens is 504 g/mol. The molecule has 0 N–H and O–H groups in total. The normalized spacial score (nSPS) is 11.1. The number of hydrogen-bond acceptors (Lipinski definition) is 9. The Hall–Kier alpha value is -2.95. The van der Waals surface area contributed by atoms with Crippen LogP contribution in [0.15, 0.2) is 45.7 Å². The molecule has 0 amide bonds. The van der Waals surface area contributed by atoms with Gasteiger partial charge in [-0.25, -0.2) is 9.78 Å². The van der Waals surface area contributed by atoms with Gasteiger partial charge >= 0.3 is 5.97 Å². The second-order valence-corrected chi connectivity index (χ2v) is 10.7. The third-order valence-corrected chi connectivity index (χ3v) is 8.47. The van der Waals surface area contributed by atoms with Crippen LogP contribution in [0.5, 0.6) is 5.75 Å². The van der Waals surface area contributed by atoms with Crippen molar-refractivity contribution >= 4 is 56.4 Å². The number of methoxy groups -OCH3 is 1. The van der Waals surface area contributed by atoms with E-state index in [9.17, 15) is 14.4 Å². The van der Waals surface area contributed by atoms with Gasteiger partial charge in [0.25, 0.3) is 5.56 Å². The number of ketones is 1. The number of esters is 1. The van der Waals surface area contributed by atoms with Crippen molar-refractivity contribution in [1.29, 1.82) is 0 Å².